The molecule has 1 N–H and O–H groups in total. The predicted molar refractivity (Wildman–Crippen MR) is 80.2 cm³/mol. The molecule has 19 heavy (non-hydrogen) atoms. The zero-order valence-corrected chi connectivity index (χ0v) is 11.9. The minimum Gasteiger partial charge on any atom is -0.336 e. The van der Waals surface area contributed by atoms with Crippen LogP contribution in [-0.4, -0.2) is 21.3 Å². The van der Waals surface area contributed by atoms with Crippen LogP contribution in [-0.2, 0) is 12.3 Å². The first-order chi connectivity index (χ1) is 9.33. The monoisotopic (exact) mass is 273 g/mol. The number of imidazole rings is 1. The molecule has 4 heteroatoms. The number of fused-ring (bicyclic) bond motifs is 1. The number of nitrogens with zero attached hydrogens (tertiary/aromatic N) is 2. The molecule has 0 amide bonds. The maximum Gasteiger partial charge on any atom is 0.0946 e. The largest absolute Gasteiger partial charge is 0.336 e. The van der Waals surface area contributed by atoms with Crippen LogP contribution in [0.1, 0.15) is 24.1 Å². The van der Waals surface area contributed by atoms with Gasteiger partial charge in [-0.3, -0.25) is 0 Å². The first-order valence-electron chi connectivity index (χ1n) is 6.70. The van der Waals surface area contributed by atoms with Crippen LogP contribution in [0, 0.1) is 0 Å². The molecule has 2 unspecified atom stereocenters. The van der Waals surface area contributed by atoms with E-state index in [0.29, 0.717) is 12.1 Å². The lowest BCUT2D eigenvalue weighted by atomic mass is 10.0. The fraction of sp³-hybridized carbons (Fsp3) is 0.400. The van der Waals surface area contributed by atoms with Crippen molar-refractivity contribution < 1.29 is 0 Å². The van der Waals surface area contributed by atoms with Crippen molar-refractivity contribution in [3.63, 3.8) is 0 Å². The van der Waals surface area contributed by atoms with Gasteiger partial charge in [0.15, 0.2) is 0 Å². The van der Waals surface area contributed by atoms with Gasteiger partial charge < -0.3 is 9.88 Å². The SMILES string of the molecule is CC(Cn1ccnc1)NC1CSCc2ccccc21. The summed E-state index contributed by atoms with van der Waals surface area (Å²) in [7, 11) is 0. The number of nitrogens with one attached hydrogen (secondary N) is 1. The van der Waals surface area contributed by atoms with Crippen molar-refractivity contribution in [2.45, 2.75) is 31.3 Å². The molecule has 0 bridgehead atoms. The van der Waals surface area contributed by atoms with E-state index in [1.165, 1.54) is 11.1 Å². The van der Waals surface area contributed by atoms with Crippen LogP contribution >= 0.6 is 11.8 Å². The molecular weight excluding hydrogens is 254 g/mol. The van der Waals surface area contributed by atoms with E-state index in [1.54, 1.807) is 0 Å². The topological polar surface area (TPSA) is 29.9 Å². The molecule has 1 aromatic carbocycles. The Morgan fingerprint density at radius 3 is 3.21 bits per heavy atom. The Bertz CT molecular complexity index is 524. The Kier molecular flexibility index (Phi) is 3.89. The highest BCUT2D eigenvalue weighted by Crippen LogP contribution is 2.31. The maximum atomic E-state index is 4.09. The lowest BCUT2D eigenvalue weighted by Gasteiger charge is -2.29. The van der Waals surface area contributed by atoms with Crippen LogP contribution in [0.3, 0.4) is 0 Å². The van der Waals surface area contributed by atoms with E-state index in [0.717, 1.165) is 18.1 Å². The van der Waals surface area contributed by atoms with E-state index >= 15 is 0 Å². The standard InChI is InChI=1S/C15H19N3S/c1-12(8-18-7-6-16-11-18)17-15-10-19-9-13-4-2-3-5-14(13)15/h2-7,11-12,15,17H,8-10H2,1H3. The minimum atomic E-state index is 0.436. The predicted octanol–water partition coefficient (Wildman–Crippen LogP) is 2.85. The van der Waals surface area contributed by atoms with Crippen LogP contribution in [0.4, 0.5) is 0 Å². The number of thioether (sulfide) groups is 1. The van der Waals surface area contributed by atoms with E-state index in [4.69, 9.17) is 0 Å². The van der Waals surface area contributed by atoms with Crippen molar-refractivity contribution in [2.75, 3.05) is 5.75 Å². The van der Waals surface area contributed by atoms with Gasteiger partial charge in [-0.25, -0.2) is 4.98 Å². The van der Waals surface area contributed by atoms with Gasteiger partial charge >= 0.3 is 0 Å². The first kappa shape index (κ1) is 12.8. The number of hydrogen-bond acceptors (Lipinski definition) is 3. The third-order valence-electron chi connectivity index (χ3n) is 3.50. The molecule has 100 valence electrons. The van der Waals surface area contributed by atoms with Gasteiger partial charge in [0.05, 0.1) is 6.33 Å². The van der Waals surface area contributed by atoms with Gasteiger partial charge in [0.25, 0.3) is 0 Å². The molecule has 1 aliphatic heterocycles. The lowest BCUT2D eigenvalue weighted by Crippen LogP contribution is -2.36. The second-order valence-electron chi connectivity index (χ2n) is 5.09. The molecule has 2 atom stereocenters. The lowest BCUT2D eigenvalue weighted by molar-refractivity contribution is 0.431. The van der Waals surface area contributed by atoms with Crippen LogP contribution < -0.4 is 5.32 Å². The molecule has 0 spiro atoms. The highest BCUT2D eigenvalue weighted by molar-refractivity contribution is 7.98. The summed E-state index contributed by atoms with van der Waals surface area (Å²) in [5, 5.41) is 3.74. The van der Waals surface area contributed by atoms with Gasteiger partial charge in [-0.05, 0) is 18.1 Å². The third-order valence-corrected chi connectivity index (χ3v) is 4.59. The second-order valence-corrected chi connectivity index (χ2v) is 6.12. The molecule has 0 fully saturated rings. The van der Waals surface area contributed by atoms with E-state index in [1.807, 2.05) is 30.5 Å². The number of rotatable bonds is 4. The molecule has 3 nitrogen and oxygen atoms in total. The second kappa shape index (κ2) is 5.80. The van der Waals surface area contributed by atoms with Gasteiger partial charge in [-0.1, -0.05) is 24.3 Å². The molecule has 0 saturated carbocycles. The fourth-order valence-corrected chi connectivity index (χ4v) is 3.74. The van der Waals surface area contributed by atoms with E-state index in [9.17, 15) is 0 Å². The fourth-order valence-electron chi connectivity index (χ4n) is 2.63. The van der Waals surface area contributed by atoms with Gasteiger partial charge in [-0.15, -0.1) is 0 Å². The molecule has 2 aromatic rings. The van der Waals surface area contributed by atoms with Gasteiger partial charge in [-0.2, -0.15) is 11.8 Å². The zero-order chi connectivity index (χ0) is 13.1. The van der Waals surface area contributed by atoms with Crippen molar-refractivity contribution in [1.29, 1.82) is 0 Å². The molecular formula is C15H19N3S. The normalized spacial score (nSPS) is 19.9. The van der Waals surface area contributed by atoms with Crippen molar-refractivity contribution >= 4 is 11.8 Å². The Morgan fingerprint density at radius 1 is 1.47 bits per heavy atom. The van der Waals surface area contributed by atoms with Gasteiger partial charge in [0.1, 0.15) is 0 Å². The average Bonchev–Trinajstić information content (AvgIpc) is 2.92. The van der Waals surface area contributed by atoms with Crippen molar-refractivity contribution in [3.05, 3.63) is 54.1 Å². The summed E-state index contributed by atoms with van der Waals surface area (Å²) in [4.78, 5) is 4.09. The zero-order valence-electron chi connectivity index (χ0n) is 11.1. The molecule has 1 aliphatic rings. The molecule has 0 aliphatic carbocycles. The van der Waals surface area contributed by atoms with Crippen LogP contribution in [0.25, 0.3) is 0 Å². The Morgan fingerprint density at radius 2 is 2.37 bits per heavy atom. The van der Waals surface area contributed by atoms with Crippen molar-refractivity contribution in [2.24, 2.45) is 0 Å². The van der Waals surface area contributed by atoms with Crippen molar-refractivity contribution in [3.8, 4) is 0 Å². The van der Waals surface area contributed by atoms with Gasteiger partial charge in [0, 0.05) is 42.5 Å². The molecule has 3 rings (SSSR count). The highest BCUT2D eigenvalue weighted by atomic mass is 32.2. The third kappa shape index (κ3) is 3.01. The molecule has 2 heterocycles. The Hall–Kier alpha value is -1.26. The first-order valence-corrected chi connectivity index (χ1v) is 7.86. The summed E-state index contributed by atoms with van der Waals surface area (Å²) < 4.78 is 2.12. The quantitative estimate of drug-likeness (QED) is 0.929. The molecule has 0 radical (unpaired) electrons. The van der Waals surface area contributed by atoms with Crippen LogP contribution in [0.15, 0.2) is 43.0 Å². The number of benzene rings is 1. The number of aromatic nitrogens is 2. The number of hydrogen-bond donors (Lipinski definition) is 1. The maximum absolute atomic E-state index is 4.09. The average molecular weight is 273 g/mol. The summed E-state index contributed by atoms with van der Waals surface area (Å²) in [5.74, 6) is 2.30. The smallest absolute Gasteiger partial charge is 0.0946 e. The summed E-state index contributed by atoms with van der Waals surface area (Å²) in [6.07, 6.45) is 5.72. The Balaban J connectivity index is 1.67. The molecule has 1 aromatic heterocycles. The van der Waals surface area contributed by atoms with E-state index < -0.39 is 0 Å². The summed E-state index contributed by atoms with van der Waals surface area (Å²) in [6.45, 7) is 3.20. The van der Waals surface area contributed by atoms with Crippen molar-refractivity contribution in [1.82, 2.24) is 14.9 Å². The van der Waals surface area contributed by atoms with E-state index in [-0.39, 0.29) is 0 Å². The molecule has 0 saturated heterocycles. The van der Waals surface area contributed by atoms with Crippen LogP contribution in [0.5, 0.6) is 0 Å². The Labute approximate surface area is 118 Å². The van der Waals surface area contributed by atoms with Gasteiger partial charge in [0.2, 0.25) is 0 Å². The van der Waals surface area contributed by atoms with E-state index in [2.05, 4.69) is 46.1 Å². The summed E-state index contributed by atoms with van der Waals surface area (Å²) >= 11 is 2.01. The summed E-state index contributed by atoms with van der Waals surface area (Å²) in [6, 6.07) is 9.69. The summed E-state index contributed by atoms with van der Waals surface area (Å²) in [5.41, 5.74) is 2.95. The highest BCUT2D eigenvalue weighted by Gasteiger charge is 2.21. The minimum absolute atomic E-state index is 0.436. The van der Waals surface area contributed by atoms with Crippen LogP contribution in [0.2, 0.25) is 0 Å².